The van der Waals surface area contributed by atoms with E-state index >= 15 is 0 Å². The molecule has 0 radical (unpaired) electrons. The number of likely N-dealkylation sites (N-methyl/N-ethyl adjacent to an activating group) is 1. The highest BCUT2D eigenvalue weighted by Gasteiger charge is 2.52. The van der Waals surface area contributed by atoms with Crippen LogP contribution in [0.5, 0.6) is 6.01 Å². The first-order valence-electron chi connectivity index (χ1n) is 8.93. The van der Waals surface area contributed by atoms with Gasteiger partial charge in [-0.05, 0) is 33.8 Å². The van der Waals surface area contributed by atoms with Crippen LogP contribution in [0.15, 0.2) is 17.1 Å². The van der Waals surface area contributed by atoms with Crippen LogP contribution in [0.3, 0.4) is 0 Å². The molecule has 0 bridgehead atoms. The van der Waals surface area contributed by atoms with E-state index in [2.05, 4.69) is 5.10 Å². The highest BCUT2D eigenvalue weighted by atomic mass is 16.7. The molecule has 1 aliphatic heterocycles. The van der Waals surface area contributed by atoms with E-state index in [1.54, 1.807) is 12.3 Å². The summed E-state index contributed by atoms with van der Waals surface area (Å²) in [5, 5.41) is 13.3. The Balaban J connectivity index is 1.97. The van der Waals surface area contributed by atoms with Crippen molar-refractivity contribution in [1.29, 1.82) is 0 Å². The van der Waals surface area contributed by atoms with Crippen molar-refractivity contribution in [2.24, 2.45) is 0 Å². The second-order valence-corrected chi connectivity index (χ2v) is 7.84. The molecule has 28 heavy (non-hydrogen) atoms. The lowest BCUT2D eigenvalue weighted by Gasteiger charge is -2.32. The lowest BCUT2D eigenvalue weighted by Crippen LogP contribution is -2.41. The highest BCUT2D eigenvalue weighted by Crippen LogP contribution is 2.36. The maximum absolute atomic E-state index is 12.9. The molecule has 1 N–H and O–H groups in total. The van der Waals surface area contributed by atoms with Crippen LogP contribution in [0.1, 0.15) is 27.7 Å². The van der Waals surface area contributed by atoms with Gasteiger partial charge in [0.1, 0.15) is 5.52 Å². The number of amides is 1. The van der Waals surface area contributed by atoms with Crippen molar-refractivity contribution in [2.75, 3.05) is 20.7 Å². The number of hydrogen-bond acceptors (Lipinski definition) is 6. The van der Waals surface area contributed by atoms with Gasteiger partial charge >= 0.3 is 19.2 Å². The summed E-state index contributed by atoms with van der Waals surface area (Å²) in [5.41, 5.74) is -0.348. The number of methoxy groups -OCH3 is 1. The second-order valence-electron chi connectivity index (χ2n) is 7.84. The standard InChI is InChI=1S/C17H25BN4O6/c1-16(2)17(3,4)28-18(27-16)11-9-12-13(23)21(8-7-20(5)15(24)25)14(26-6)19-22(12)10-11/h9-10H,7-8H2,1-6H3,(H,24,25). The zero-order chi connectivity index (χ0) is 20.9. The van der Waals surface area contributed by atoms with E-state index in [1.807, 2.05) is 27.7 Å². The Hall–Kier alpha value is -2.53. The summed E-state index contributed by atoms with van der Waals surface area (Å²) in [6.07, 6.45) is 0.599. The van der Waals surface area contributed by atoms with Crippen LogP contribution in [0.2, 0.25) is 0 Å². The maximum atomic E-state index is 12.9. The molecule has 0 aromatic carbocycles. The molecule has 0 atom stereocenters. The molecule has 1 fully saturated rings. The molecule has 0 saturated carbocycles. The Morgan fingerprint density at radius 2 is 1.93 bits per heavy atom. The van der Waals surface area contributed by atoms with E-state index < -0.39 is 24.4 Å². The predicted octanol–water partition coefficient (Wildman–Crippen LogP) is 0.414. The van der Waals surface area contributed by atoms with Gasteiger partial charge in [-0.15, -0.1) is 5.10 Å². The first-order chi connectivity index (χ1) is 13.0. The van der Waals surface area contributed by atoms with Crippen LogP contribution in [0.25, 0.3) is 5.52 Å². The first kappa shape index (κ1) is 20.2. The number of aromatic nitrogens is 3. The van der Waals surface area contributed by atoms with Gasteiger partial charge in [0, 0.05) is 31.8 Å². The van der Waals surface area contributed by atoms with Crippen molar-refractivity contribution in [3.05, 3.63) is 22.6 Å². The van der Waals surface area contributed by atoms with Gasteiger partial charge in [0.2, 0.25) is 0 Å². The van der Waals surface area contributed by atoms with Gasteiger partial charge in [-0.3, -0.25) is 9.36 Å². The molecule has 3 heterocycles. The lowest BCUT2D eigenvalue weighted by molar-refractivity contribution is 0.00578. The Bertz CT molecular complexity index is 950. The smallest absolute Gasteiger partial charge is 0.467 e. The van der Waals surface area contributed by atoms with E-state index in [-0.39, 0.29) is 24.7 Å². The minimum Gasteiger partial charge on any atom is -0.467 e. The third-order valence-electron chi connectivity index (χ3n) is 5.40. The third kappa shape index (κ3) is 3.35. The molecule has 0 spiro atoms. The van der Waals surface area contributed by atoms with Crippen molar-refractivity contribution >= 4 is 24.2 Å². The largest absolute Gasteiger partial charge is 0.496 e. The van der Waals surface area contributed by atoms with Gasteiger partial charge in [-0.25, -0.2) is 9.31 Å². The van der Waals surface area contributed by atoms with E-state index in [0.29, 0.717) is 11.0 Å². The number of rotatable bonds is 5. The SMILES string of the molecule is COc1nn2cc(B3OC(C)(C)C(C)(C)O3)cc2c(=O)n1CCN(C)C(=O)O. The Morgan fingerprint density at radius 3 is 2.46 bits per heavy atom. The summed E-state index contributed by atoms with van der Waals surface area (Å²) in [7, 11) is 2.21. The average Bonchev–Trinajstić information content (AvgIpc) is 3.12. The highest BCUT2D eigenvalue weighted by molar-refractivity contribution is 6.62. The fourth-order valence-electron chi connectivity index (χ4n) is 2.89. The Labute approximate surface area is 162 Å². The van der Waals surface area contributed by atoms with Crippen LogP contribution in [-0.4, -0.2) is 69.3 Å². The summed E-state index contributed by atoms with van der Waals surface area (Å²) in [4.78, 5) is 25.0. The van der Waals surface area contributed by atoms with Crippen molar-refractivity contribution in [2.45, 2.75) is 45.4 Å². The van der Waals surface area contributed by atoms with E-state index in [4.69, 9.17) is 19.2 Å². The van der Waals surface area contributed by atoms with Crippen LogP contribution in [0.4, 0.5) is 4.79 Å². The molecule has 152 valence electrons. The monoisotopic (exact) mass is 392 g/mol. The normalized spacial score (nSPS) is 17.9. The van der Waals surface area contributed by atoms with Gasteiger partial charge in [0.25, 0.3) is 5.56 Å². The van der Waals surface area contributed by atoms with Crippen LogP contribution in [0, 0.1) is 0 Å². The zero-order valence-electron chi connectivity index (χ0n) is 16.9. The van der Waals surface area contributed by atoms with Gasteiger partial charge in [-0.1, -0.05) is 0 Å². The summed E-state index contributed by atoms with van der Waals surface area (Å²) >= 11 is 0. The molecule has 0 unspecified atom stereocenters. The van der Waals surface area contributed by atoms with Crippen LogP contribution in [-0.2, 0) is 15.9 Å². The zero-order valence-corrected chi connectivity index (χ0v) is 16.9. The van der Waals surface area contributed by atoms with E-state index in [9.17, 15) is 9.59 Å². The first-order valence-corrected chi connectivity index (χ1v) is 8.93. The average molecular weight is 392 g/mol. The molecule has 2 aromatic rings. The number of carboxylic acid groups (broad SMARTS) is 1. The van der Waals surface area contributed by atoms with Crippen LogP contribution < -0.4 is 15.8 Å². The van der Waals surface area contributed by atoms with E-state index in [0.717, 1.165) is 4.90 Å². The molecular formula is C17H25BN4O6. The van der Waals surface area contributed by atoms with Crippen molar-refractivity contribution < 1.29 is 23.9 Å². The van der Waals surface area contributed by atoms with Crippen molar-refractivity contribution in [3.63, 3.8) is 0 Å². The van der Waals surface area contributed by atoms with Gasteiger partial charge in [0.15, 0.2) is 0 Å². The molecule has 2 aromatic heterocycles. The molecule has 11 heteroatoms. The molecule has 10 nitrogen and oxygen atoms in total. The summed E-state index contributed by atoms with van der Waals surface area (Å²) < 4.78 is 20.0. The van der Waals surface area contributed by atoms with Crippen molar-refractivity contribution in [3.8, 4) is 6.01 Å². The molecule has 3 rings (SSSR count). The summed E-state index contributed by atoms with van der Waals surface area (Å²) in [6, 6.07) is 1.77. The topological polar surface area (TPSA) is 108 Å². The number of hydrogen-bond donors (Lipinski definition) is 1. The second kappa shape index (κ2) is 6.82. The minimum absolute atomic E-state index is 0.0901. The summed E-state index contributed by atoms with van der Waals surface area (Å²) in [6.45, 7) is 8.05. The molecule has 1 amide bonds. The fourth-order valence-corrected chi connectivity index (χ4v) is 2.89. The molecule has 0 aliphatic carbocycles. The lowest BCUT2D eigenvalue weighted by atomic mass is 9.81. The molecular weight excluding hydrogens is 367 g/mol. The van der Waals surface area contributed by atoms with Gasteiger partial charge in [0.05, 0.1) is 18.3 Å². The third-order valence-corrected chi connectivity index (χ3v) is 5.40. The number of nitrogens with zero attached hydrogens (tertiary/aromatic N) is 4. The molecule has 1 saturated heterocycles. The number of carbonyl (C=O) groups is 1. The number of ether oxygens (including phenoxy) is 1. The molecule has 1 aliphatic rings. The fraction of sp³-hybridized carbons (Fsp3) is 0.588. The van der Waals surface area contributed by atoms with Crippen LogP contribution >= 0.6 is 0 Å². The van der Waals surface area contributed by atoms with Crippen molar-refractivity contribution in [1.82, 2.24) is 19.1 Å². The summed E-state index contributed by atoms with van der Waals surface area (Å²) in [5.74, 6) is 0. The quantitative estimate of drug-likeness (QED) is 0.735. The maximum Gasteiger partial charge on any atom is 0.496 e. The van der Waals surface area contributed by atoms with Gasteiger partial charge in [-0.2, -0.15) is 0 Å². The minimum atomic E-state index is -1.08. The predicted molar refractivity (Wildman–Crippen MR) is 102 cm³/mol. The number of fused-ring (bicyclic) bond motifs is 1. The van der Waals surface area contributed by atoms with Gasteiger partial charge < -0.3 is 24.1 Å². The van der Waals surface area contributed by atoms with E-state index in [1.165, 1.54) is 23.2 Å². The Morgan fingerprint density at radius 1 is 1.32 bits per heavy atom. The Kier molecular flexibility index (Phi) is 4.92.